The molecule has 1 aliphatic heterocycles. The number of benzene rings is 2. The van der Waals surface area contributed by atoms with Crippen LogP contribution in [0.15, 0.2) is 36.4 Å². The van der Waals surface area contributed by atoms with E-state index in [-0.39, 0.29) is 49.2 Å². The van der Waals surface area contributed by atoms with Gasteiger partial charge in [0.15, 0.2) is 6.61 Å². The fraction of sp³-hybridized carbons (Fsp3) is 0.417. The first-order valence-electron chi connectivity index (χ1n) is 10.8. The number of ether oxygens (including phenoxy) is 2. The number of carbonyl (C=O) groups excluding carboxylic acids is 1. The molecule has 10 heteroatoms. The number of phenols is 1. The van der Waals surface area contributed by atoms with E-state index in [9.17, 15) is 19.8 Å². The van der Waals surface area contributed by atoms with E-state index in [0.717, 1.165) is 5.56 Å². The number of amides is 1. The molecule has 1 aliphatic rings. The molecule has 3 rings (SSSR count). The fourth-order valence-electron chi connectivity index (χ4n) is 3.63. The lowest BCUT2D eigenvalue weighted by atomic mass is 9.94. The Morgan fingerprint density at radius 2 is 1.97 bits per heavy atom. The highest BCUT2D eigenvalue weighted by atomic mass is 35.5. The molecule has 1 unspecified atom stereocenters. The number of aliphatic carboxylic acids is 1. The quantitative estimate of drug-likeness (QED) is 0.300. The first-order valence-corrected chi connectivity index (χ1v) is 10.8. The second-order valence-corrected chi connectivity index (χ2v) is 8.70. The molecule has 0 bridgehead atoms. The third kappa shape index (κ3) is 7.79. The van der Waals surface area contributed by atoms with Gasteiger partial charge in [0.05, 0.1) is 18.4 Å². The number of carboxylic acid groups (broad SMARTS) is 1. The van der Waals surface area contributed by atoms with Crippen LogP contribution in [-0.2, 0) is 16.0 Å². The molecule has 5 N–H and O–H groups in total. The van der Waals surface area contributed by atoms with E-state index in [1.165, 1.54) is 12.1 Å². The summed E-state index contributed by atoms with van der Waals surface area (Å²) >= 11 is 0. The van der Waals surface area contributed by atoms with E-state index in [4.69, 9.17) is 14.6 Å². The minimum absolute atomic E-state index is 0. The SMILES string of the molecule is CC(C)(Cc1ccc(OCCCC(=O)O)cc1)NCC(O)c1cc(O)cc2c1OCC(=O)N2.Cl. The molecule has 0 aliphatic carbocycles. The molecule has 34 heavy (non-hydrogen) atoms. The summed E-state index contributed by atoms with van der Waals surface area (Å²) in [6.07, 6.45) is 0.261. The highest BCUT2D eigenvalue weighted by molar-refractivity contribution is 5.96. The molecule has 0 fully saturated rings. The second kappa shape index (κ2) is 11.9. The number of β-amino-alcohol motifs (C(OH)–C–C–N with tert-alkyl or cyclic N) is 1. The van der Waals surface area contributed by atoms with Gasteiger partial charge in [-0.2, -0.15) is 0 Å². The Bertz CT molecular complexity index is 996. The Kier molecular flexibility index (Phi) is 9.55. The van der Waals surface area contributed by atoms with Gasteiger partial charge >= 0.3 is 5.97 Å². The van der Waals surface area contributed by atoms with Crippen LogP contribution in [0.1, 0.15) is 43.9 Å². The van der Waals surface area contributed by atoms with Gasteiger partial charge in [-0.1, -0.05) is 12.1 Å². The Labute approximate surface area is 204 Å². The van der Waals surface area contributed by atoms with Gasteiger partial charge in [-0.15, -0.1) is 12.4 Å². The number of carboxylic acids is 1. The van der Waals surface area contributed by atoms with Gasteiger partial charge in [0.25, 0.3) is 5.91 Å². The average molecular weight is 495 g/mol. The van der Waals surface area contributed by atoms with Crippen molar-refractivity contribution in [2.75, 3.05) is 25.1 Å². The fourth-order valence-corrected chi connectivity index (χ4v) is 3.63. The van der Waals surface area contributed by atoms with Crippen LogP contribution >= 0.6 is 12.4 Å². The smallest absolute Gasteiger partial charge is 0.303 e. The molecule has 0 spiro atoms. The average Bonchev–Trinajstić information content (AvgIpc) is 2.75. The van der Waals surface area contributed by atoms with Crippen LogP contribution < -0.4 is 20.1 Å². The summed E-state index contributed by atoms with van der Waals surface area (Å²) in [5.74, 6) is -0.177. The minimum Gasteiger partial charge on any atom is -0.508 e. The maximum atomic E-state index is 11.5. The molecule has 1 atom stereocenters. The van der Waals surface area contributed by atoms with Crippen LogP contribution in [0.3, 0.4) is 0 Å². The zero-order chi connectivity index (χ0) is 24.0. The number of halogens is 1. The normalized spacial score (nSPS) is 13.7. The summed E-state index contributed by atoms with van der Waals surface area (Å²) in [4.78, 5) is 22.1. The van der Waals surface area contributed by atoms with Crippen LogP contribution in [0.2, 0.25) is 0 Å². The number of hydrogen-bond donors (Lipinski definition) is 5. The van der Waals surface area contributed by atoms with E-state index >= 15 is 0 Å². The number of nitrogens with one attached hydrogen (secondary N) is 2. The van der Waals surface area contributed by atoms with E-state index in [0.29, 0.717) is 42.2 Å². The molecule has 1 amide bonds. The summed E-state index contributed by atoms with van der Waals surface area (Å²) in [6, 6.07) is 10.4. The molecule has 0 aromatic heterocycles. The van der Waals surface area contributed by atoms with Crippen LogP contribution in [0, 0.1) is 0 Å². The van der Waals surface area contributed by atoms with Crippen LogP contribution in [0.25, 0.3) is 0 Å². The van der Waals surface area contributed by atoms with Crippen molar-refractivity contribution in [1.29, 1.82) is 0 Å². The first kappa shape index (κ1) is 27.2. The summed E-state index contributed by atoms with van der Waals surface area (Å²) in [6.45, 7) is 4.46. The predicted molar refractivity (Wildman–Crippen MR) is 129 cm³/mol. The number of anilines is 1. The highest BCUT2D eigenvalue weighted by Crippen LogP contribution is 2.38. The summed E-state index contributed by atoms with van der Waals surface area (Å²) in [5.41, 5.74) is 1.46. The van der Waals surface area contributed by atoms with Crippen molar-refractivity contribution in [3.8, 4) is 17.2 Å². The van der Waals surface area contributed by atoms with Crippen molar-refractivity contribution < 1.29 is 34.4 Å². The standard InChI is InChI=1S/C24H30N2O7.ClH/c1-24(2,12-15-5-7-17(8-6-15)32-9-3-4-22(30)31)25-13-20(28)18-10-16(27)11-19-23(18)33-14-21(29)26-19;/h5-8,10-11,20,25,27-28H,3-4,9,12-14H2,1-2H3,(H,26,29)(H,30,31);1H. The van der Waals surface area contributed by atoms with Crippen molar-refractivity contribution >= 4 is 30.0 Å². The van der Waals surface area contributed by atoms with Crippen LogP contribution in [0.4, 0.5) is 5.69 Å². The number of rotatable bonds is 11. The van der Waals surface area contributed by atoms with Crippen molar-refractivity contribution in [1.82, 2.24) is 5.32 Å². The molecule has 2 aromatic rings. The van der Waals surface area contributed by atoms with Gasteiger partial charge < -0.3 is 35.4 Å². The Morgan fingerprint density at radius 3 is 2.65 bits per heavy atom. The van der Waals surface area contributed by atoms with Crippen molar-refractivity contribution in [2.45, 2.75) is 44.8 Å². The number of aliphatic hydroxyl groups excluding tert-OH is 1. The van der Waals surface area contributed by atoms with Gasteiger partial charge in [-0.05, 0) is 50.5 Å². The third-order valence-electron chi connectivity index (χ3n) is 5.23. The molecule has 1 heterocycles. The molecular weight excluding hydrogens is 464 g/mol. The van der Waals surface area contributed by atoms with Crippen molar-refractivity contribution in [3.63, 3.8) is 0 Å². The van der Waals surface area contributed by atoms with Gasteiger partial charge in [0.1, 0.15) is 17.2 Å². The van der Waals surface area contributed by atoms with Gasteiger partial charge in [0, 0.05) is 30.1 Å². The number of phenolic OH excluding ortho intramolecular Hbond substituents is 1. The number of aromatic hydroxyl groups is 1. The van der Waals surface area contributed by atoms with E-state index < -0.39 is 12.1 Å². The van der Waals surface area contributed by atoms with Crippen molar-refractivity contribution in [3.05, 3.63) is 47.5 Å². The monoisotopic (exact) mass is 494 g/mol. The van der Waals surface area contributed by atoms with E-state index in [1.807, 2.05) is 38.1 Å². The van der Waals surface area contributed by atoms with Crippen LogP contribution in [-0.4, -0.2) is 52.5 Å². The largest absolute Gasteiger partial charge is 0.508 e. The molecule has 0 saturated carbocycles. The first-order chi connectivity index (χ1) is 15.6. The molecule has 0 radical (unpaired) electrons. The summed E-state index contributed by atoms with van der Waals surface area (Å²) < 4.78 is 11.0. The summed E-state index contributed by atoms with van der Waals surface area (Å²) in [7, 11) is 0. The lowest BCUT2D eigenvalue weighted by Crippen LogP contribution is -2.43. The molecule has 2 aromatic carbocycles. The zero-order valence-electron chi connectivity index (χ0n) is 19.2. The van der Waals surface area contributed by atoms with Crippen molar-refractivity contribution in [2.24, 2.45) is 0 Å². The predicted octanol–water partition coefficient (Wildman–Crippen LogP) is 3.03. The lowest BCUT2D eigenvalue weighted by Gasteiger charge is -2.29. The number of hydrogen-bond acceptors (Lipinski definition) is 7. The third-order valence-corrected chi connectivity index (χ3v) is 5.23. The van der Waals surface area contributed by atoms with Gasteiger partial charge in [0.2, 0.25) is 0 Å². The number of carbonyl (C=O) groups is 2. The lowest BCUT2D eigenvalue weighted by molar-refractivity contribution is -0.137. The van der Waals surface area contributed by atoms with E-state index in [1.54, 1.807) is 0 Å². The highest BCUT2D eigenvalue weighted by Gasteiger charge is 2.26. The van der Waals surface area contributed by atoms with Gasteiger partial charge in [-0.3, -0.25) is 9.59 Å². The Balaban J connectivity index is 0.00000408. The number of fused-ring (bicyclic) bond motifs is 1. The molecule has 9 nitrogen and oxygen atoms in total. The molecular formula is C24H31ClN2O7. The van der Waals surface area contributed by atoms with Gasteiger partial charge in [-0.25, -0.2) is 0 Å². The molecule has 186 valence electrons. The van der Waals surface area contributed by atoms with Crippen LogP contribution in [0.5, 0.6) is 17.2 Å². The minimum atomic E-state index is -0.957. The zero-order valence-corrected chi connectivity index (χ0v) is 20.0. The molecule has 0 saturated heterocycles. The maximum Gasteiger partial charge on any atom is 0.303 e. The maximum absolute atomic E-state index is 11.5. The topological polar surface area (TPSA) is 137 Å². The number of aliphatic hydroxyl groups is 1. The van der Waals surface area contributed by atoms with E-state index in [2.05, 4.69) is 10.6 Å². The second-order valence-electron chi connectivity index (χ2n) is 8.70. The summed E-state index contributed by atoms with van der Waals surface area (Å²) in [5, 5.41) is 35.4. The Morgan fingerprint density at radius 1 is 1.26 bits per heavy atom. The Hall–Kier alpha value is -3.01.